The lowest BCUT2D eigenvalue weighted by Crippen LogP contribution is -2.52. The van der Waals surface area contributed by atoms with Gasteiger partial charge in [0.25, 0.3) is 0 Å². The molecule has 2 rings (SSSR count). The van der Waals surface area contributed by atoms with Crippen LogP contribution >= 0.6 is 0 Å². The summed E-state index contributed by atoms with van der Waals surface area (Å²) in [5.41, 5.74) is 0.968. The van der Waals surface area contributed by atoms with E-state index in [0.717, 1.165) is 63.2 Å². The molecule has 0 amide bonds. The van der Waals surface area contributed by atoms with Crippen LogP contribution in [0.15, 0.2) is 15.6 Å². The first-order valence-electron chi connectivity index (χ1n) is 9.42. The summed E-state index contributed by atoms with van der Waals surface area (Å²) in [6.45, 7) is 14.5. The highest BCUT2D eigenvalue weighted by Crippen LogP contribution is 2.12. The van der Waals surface area contributed by atoms with Gasteiger partial charge in [-0.15, -0.1) is 0 Å². The number of hydrogen-bond donors (Lipinski definition) is 2. The van der Waals surface area contributed by atoms with Gasteiger partial charge in [0.15, 0.2) is 11.7 Å². The Bertz CT molecular complexity index is 523. The zero-order valence-corrected chi connectivity index (χ0v) is 16.0. The van der Waals surface area contributed by atoms with E-state index in [0.29, 0.717) is 18.5 Å². The molecule has 0 aromatic carbocycles. The lowest BCUT2D eigenvalue weighted by Gasteiger charge is -2.37. The lowest BCUT2D eigenvalue weighted by molar-refractivity contribution is 0.00752. The molecule has 2 heterocycles. The first-order chi connectivity index (χ1) is 12.1. The van der Waals surface area contributed by atoms with Gasteiger partial charge in [0.1, 0.15) is 6.54 Å². The Labute approximate surface area is 151 Å². The third-order valence-corrected chi connectivity index (χ3v) is 4.47. The highest BCUT2D eigenvalue weighted by molar-refractivity contribution is 5.79. The highest BCUT2D eigenvalue weighted by atomic mass is 16.5. The Morgan fingerprint density at radius 2 is 2.04 bits per heavy atom. The molecule has 0 saturated carbocycles. The number of nitrogens with one attached hydrogen (secondary N) is 2. The summed E-state index contributed by atoms with van der Waals surface area (Å²) in [4.78, 5) is 7.13. The van der Waals surface area contributed by atoms with Crippen LogP contribution in [0.3, 0.4) is 0 Å². The van der Waals surface area contributed by atoms with Crippen molar-refractivity contribution in [3.8, 4) is 0 Å². The van der Waals surface area contributed by atoms with Crippen molar-refractivity contribution in [1.82, 2.24) is 20.7 Å². The number of aryl methyl sites for hydroxylation is 1. The smallest absolute Gasteiger partial charge is 0.191 e. The average Bonchev–Trinajstić information content (AvgIpc) is 3.08. The van der Waals surface area contributed by atoms with E-state index < -0.39 is 0 Å². The predicted octanol–water partition coefficient (Wildman–Crippen LogP) is 1.65. The maximum absolute atomic E-state index is 5.48. The molecular weight excluding hydrogens is 318 g/mol. The Hall–Kier alpha value is -1.60. The van der Waals surface area contributed by atoms with Gasteiger partial charge in [-0.2, -0.15) is 0 Å². The second-order valence-electron chi connectivity index (χ2n) is 6.67. The van der Waals surface area contributed by atoms with Crippen molar-refractivity contribution in [2.75, 3.05) is 39.4 Å². The minimum atomic E-state index is 0.463. The van der Waals surface area contributed by atoms with E-state index in [1.54, 1.807) is 0 Å². The van der Waals surface area contributed by atoms with Crippen LogP contribution in [0.1, 0.15) is 39.1 Å². The van der Waals surface area contributed by atoms with Gasteiger partial charge in [-0.1, -0.05) is 25.9 Å². The van der Waals surface area contributed by atoms with Crippen molar-refractivity contribution in [2.24, 2.45) is 10.9 Å². The Kier molecular flexibility index (Phi) is 8.21. The monoisotopic (exact) mass is 351 g/mol. The second-order valence-corrected chi connectivity index (χ2v) is 6.67. The topological polar surface area (TPSA) is 74.9 Å². The van der Waals surface area contributed by atoms with E-state index in [4.69, 9.17) is 9.26 Å². The maximum Gasteiger partial charge on any atom is 0.191 e. The molecule has 7 nitrogen and oxygen atoms in total. The van der Waals surface area contributed by atoms with Crippen LogP contribution in [0.25, 0.3) is 0 Å². The Balaban J connectivity index is 1.92. The molecule has 0 aliphatic carbocycles. The molecule has 7 heteroatoms. The van der Waals surface area contributed by atoms with E-state index >= 15 is 0 Å². The van der Waals surface area contributed by atoms with Gasteiger partial charge in [0.2, 0.25) is 0 Å². The van der Waals surface area contributed by atoms with Crippen LogP contribution < -0.4 is 10.6 Å². The van der Waals surface area contributed by atoms with Gasteiger partial charge in [-0.3, -0.25) is 4.90 Å². The Morgan fingerprint density at radius 3 is 2.64 bits per heavy atom. The molecule has 0 radical (unpaired) electrons. The summed E-state index contributed by atoms with van der Waals surface area (Å²) in [6, 6.07) is 2.43. The summed E-state index contributed by atoms with van der Waals surface area (Å²) in [5.74, 6) is 2.17. The molecule has 1 atom stereocenters. The molecule has 1 saturated heterocycles. The van der Waals surface area contributed by atoms with E-state index in [1.807, 2.05) is 6.07 Å². The van der Waals surface area contributed by atoms with Crippen LogP contribution in [-0.2, 0) is 17.7 Å². The second kappa shape index (κ2) is 10.4. The molecule has 1 aromatic heterocycles. The number of ether oxygens (including phenoxy) is 1. The van der Waals surface area contributed by atoms with Crippen molar-refractivity contribution >= 4 is 5.96 Å². The third-order valence-electron chi connectivity index (χ3n) is 4.47. The number of morpholine rings is 1. The predicted molar refractivity (Wildman–Crippen MR) is 99.7 cm³/mol. The number of guanidine groups is 1. The molecule has 1 aliphatic rings. The fourth-order valence-electron chi connectivity index (χ4n) is 2.99. The molecule has 1 unspecified atom stereocenters. The molecule has 1 aromatic rings. The van der Waals surface area contributed by atoms with E-state index in [-0.39, 0.29) is 0 Å². The minimum Gasteiger partial charge on any atom is -0.379 e. The van der Waals surface area contributed by atoms with E-state index in [1.165, 1.54) is 0 Å². The average molecular weight is 351 g/mol. The van der Waals surface area contributed by atoms with Crippen LogP contribution in [-0.4, -0.2) is 61.5 Å². The van der Waals surface area contributed by atoms with Gasteiger partial charge >= 0.3 is 0 Å². The van der Waals surface area contributed by atoms with Gasteiger partial charge < -0.3 is 19.9 Å². The zero-order chi connectivity index (χ0) is 18.1. The molecule has 142 valence electrons. The van der Waals surface area contributed by atoms with Crippen LogP contribution in [0.2, 0.25) is 0 Å². The number of nitrogens with zero attached hydrogens (tertiary/aromatic N) is 3. The minimum absolute atomic E-state index is 0.463. The zero-order valence-electron chi connectivity index (χ0n) is 16.0. The van der Waals surface area contributed by atoms with Crippen LogP contribution in [0.5, 0.6) is 0 Å². The summed E-state index contributed by atoms with van der Waals surface area (Å²) < 4.78 is 10.8. The number of rotatable bonds is 8. The van der Waals surface area contributed by atoms with Crippen molar-refractivity contribution < 1.29 is 9.26 Å². The molecule has 1 aliphatic heterocycles. The standard InChI is InChI=1S/C18H33N5O2/c1-5-15-11-16(25-22-15)12-20-18(19-6-2)21-13-17(14(3)4)23-7-9-24-10-8-23/h11,14,17H,5-10,12-13H2,1-4H3,(H2,19,20,21). The summed E-state index contributed by atoms with van der Waals surface area (Å²) >= 11 is 0. The van der Waals surface area contributed by atoms with Gasteiger partial charge in [-0.25, -0.2) is 4.99 Å². The van der Waals surface area contributed by atoms with Crippen molar-refractivity contribution in [2.45, 2.75) is 46.7 Å². The lowest BCUT2D eigenvalue weighted by atomic mass is 10.0. The fourth-order valence-corrected chi connectivity index (χ4v) is 2.99. The molecular formula is C18H33N5O2. The first kappa shape index (κ1) is 19.7. The maximum atomic E-state index is 5.48. The number of aromatic nitrogens is 1. The van der Waals surface area contributed by atoms with Gasteiger partial charge in [0, 0.05) is 38.3 Å². The van der Waals surface area contributed by atoms with Crippen molar-refractivity contribution in [3.05, 3.63) is 17.5 Å². The fraction of sp³-hybridized carbons (Fsp3) is 0.778. The molecule has 0 bridgehead atoms. The van der Waals surface area contributed by atoms with Gasteiger partial charge in [0.05, 0.1) is 18.9 Å². The normalized spacial score (nSPS) is 17.7. The van der Waals surface area contributed by atoms with Crippen molar-refractivity contribution in [3.63, 3.8) is 0 Å². The Morgan fingerprint density at radius 1 is 1.28 bits per heavy atom. The van der Waals surface area contributed by atoms with E-state index in [2.05, 4.69) is 53.4 Å². The summed E-state index contributed by atoms with van der Waals surface area (Å²) in [6.07, 6.45) is 0.876. The summed E-state index contributed by atoms with van der Waals surface area (Å²) in [7, 11) is 0. The largest absolute Gasteiger partial charge is 0.379 e. The molecule has 25 heavy (non-hydrogen) atoms. The van der Waals surface area contributed by atoms with Gasteiger partial charge in [-0.05, 0) is 19.3 Å². The van der Waals surface area contributed by atoms with Crippen molar-refractivity contribution in [1.29, 1.82) is 0 Å². The third kappa shape index (κ3) is 6.32. The number of hydrogen-bond acceptors (Lipinski definition) is 5. The van der Waals surface area contributed by atoms with Crippen LogP contribution in [0.4, 0.5) is 0 Å². The van der Waals surface area contributed by atoms with Crippen LogP contribution in [0, 0.1) is 5.92 Å². The molecule has 0 spiro atoms. The molecule has 1 fully saturated rings. The summed E-state index contributed by atoms with van der Waals surface area (Å²) in [5, 5.41) is 10.8. The highest BCUT2D eigenvalue weighted by Gasteiger charge is 2.23. The van der Waals surface area contributed by atoms with E-state index in [9.17, 15) is 0 Å². The quantitative estimate of drug-likeness (QED) is 0.548. The molecule has 2 N–H and O–H groups in total. The first-order valence-corrected chi connectivity index (χ1v) is 9.42. The number of aliphatic imine (C=N–C) groups is 1. The SMILES string of the molecule is CCNC(=NCc1cc(CC)no1)NCC(C(C)C)N1CCOCC1.